The molecule has 0 aliphatic heterocycles. The van der Waals surface area contributed by atoms with Gasteiger partial charge in [0.05, 0.1) is 12.0 Å². The van der Waals surface area contributed by atoms with Gasteiger partial charge in [-0.1, -0.05) is 61.5 Å². The summed E-state index contributed by atoms with van der Waals surface area (Å²) in [5.41, 5.74) is 2.57. The van der Waals surface area contributed by atoms with E-state index in [2.05, 4.69) is 10.0 Å². The van der Waals surface area contributed by atoms with Gasteiger partial charge < -0.3 is 20.1 Å². The van der Waals surface area contributed by atoms with E-state index in [4.69, 9.17) is 4.74 Å². The molecular formula is C31H39N3O6S. The van der Waals surface area contributed by atoms with E-state index >= 15 is 0 Å². The van der Waals surface area contributed by atoms with Gasteiger partial charge in [0.1, 0.15) is 11.8 Å². The number of carbonyl (C=O) groups excluding carboxylic acids is 2. The number of rotatable bonds is 16. The first-order valence-electron chi connectivity index (χ1n) is 13.7. The van der Waals surface area contributed by atoms with Crippen molar-refractivity contribution in [3.63, 3.8) is 0 Å². The smallest absolute Gasteiger partial charge is 0.243 e. The standard InChI is InChI=1S/C31H39N3O6S/c1-3-33-41(38,39)28-17-12-24(13-18-28)14-19-30(36)34(23-26-10-15-27(40-2)16-11-26)29(31(37)32-20-7-21-35)22-25-8-5-4-6-9-25/h4-6,8-13,15-18,29,33,35H,3,7,14,19-23H2,1-2H3,(H,32,37)/t29-/m0/s1. The first-order chi connectivity index (χ1) is 19.8. The summed E-state index contributed by atoms with van der Waals surface area (Å²) < 4.78 is 32.3. The number of sulfonamides is 1. The number of ether oxygens (including phenoxy) is 1. The highest BCUT2D eigenvalue weighted by molar-refractivity contribution is 7.89. The highest BCUT2D eigenvalue weighted by Crippen LogP contribution is 2.19. The molecular weight excluding hydrogens is 542 g/mol. The lowest BCUT2D eigenvalue weighted by molar-refractivity contribution is -0.141. The fourth-order valence-corrected chi connectivity index (χ4v) is 5.43. The van der Waals surface area contributed by atoms with Gasteiger partial charge >= 0.3 is 0 Å². The van der Waals surface area contributed by atoms with Crippen molar-refractivity contribution in [3.8, 4) is 5.75 Å². The van der Waals surface area contributed by atoms with Crippen LogP contribution in [0.1, 0.15) is 36.5 Å². The van der Waals surface area contributed by atoms with Gasteiger partial charge in [-0.3, -0.25) is 9.59 Å². The zero-order valence-electron chi connectivity index (χ0n) is 23.6. The summed E-state index contributed by atoms with van der Waals surface area (Å²) in [5.74, 6) is 0.194. The topological polar surface area (TPSA) is 125 Å². The Kier molecular flexibility index (Phi) is 12.3. The van der Waals surface area contributed by atoms with E-state index in [-0.39, 0.29) is 36.3 Å². The molecule has 0 aliphatic carbocycles. The van der Waals surface area contributed by atoms with Crippen LogP contribution < -0.4 is 14.8 Å². The predicted octanol–water partition coefficient (Wildman–Crippen LogP) is 3.06. The highest BCUT2D eigenvalue weighted by atomic mass is 32.2. The van der Waals surface area contributed by atoms with Gasteiger partial charge in [-0.05, 0) is 53.8 Å². The molecule has 10 heteroatoms. The van der Waals surface area contributed by atoms with Gasteiger partial charge in [0.15, 0.2) is 0 Å². The largest absolute Gasteiger partial charge is 0.497 e. The molecule has 0 saturated heterocycles. The first-order valence-corrected chi connectivity index (χ1v) is 15.2. The Morgan fingerprint density at radius 3 is 2.20 bits per heavy atom. The van der Waals surface area contributed by atoms with Crippen molar-refractivity contribution < 1.29 is 27.9 Å². The SMILES string of the molecule is CCNS(=O)(=O)c1ccc(CCC(=O)N(Cc2ccc(OC)cc2)[C@@H](Cc2ccccc2)C(=O)NCCCO)cc1. The predicted molar refractivity (Wildman–Crippen MR) is 158 cm³/mol. The molecule has 0 heterocycles. The van der Waals surface area contributed by atoms with Crippen LogP contribution in [0.5, 0.6) is 5.75 Å². The zero-order valence-corrected chi connectivity index (χ0v) is 24.4. The molecule has 3 aromatic rings. The molecule has 3 N–H and O–H groups in total. The van der Waals surface area contributed by atoms with E-state index in [1.54, 1.807) is 31.1 Å². The van der Waals surface area contributed by atoms with Crippen molar-refractivity contribution in [1.82, 2.24) is 14.9 Å². The summed E-state index contributed by atoms with van der Waals surface area (Å²) in [5, 5.41) is 12.1. The normalized spacial score (nSPS) is 12.0. The number of aliphatic hydroxyl groups excluding tert-OH is 1. The van der Waals surface area contributed by atoms with Crippen LogP contribution in [0.4, 0.5) is 0 Å². The summed E-state index contributed by atoms with van der Waals surface area (Å²) in [6.45, 7) is 2.47. The second-order valence-corrected chi connectivity index (χ2v) is 11.4. The number of benzene rings is 3. The van der Waals surface area contributed by atoms with Gasteiger partial charge in [-0.25, -0.2) is 13.1 Å². The minimum atomic E-state index is -3.57. The first kappa shape index (κ1) is 31.8. The van der Waals surface area contributed by atoms with E-state index in [9.17, 15) is 23.1 Å². The lowest BCUT2D eigenvalue weighted by atomic mass is 10.0. The Hall–Kier alpha value is -3.73. The van der Waals surface area contributed by atoms with E-state index in [1.807, 2.05) is 54.6 Å². The molecule has 0 aromatic heterocycles. The Morgan fingerprint density at radius 2 is 1.59 bits per heavy atom. The van der Waals surface area contributed by atoms with E-state index in [0.29, 0.717) is 38.1 Å². The van der Waals surface area contributed by atoms with Crippen LogP contribution in [-0.4, -0.2) is 63.1 Å². The van der Waals surface area contributed by atoms with Crippen molar-refractivity contribution in [1.29, 1.82) is 0 Å². The quantitative estimate of drug-likeness (QED) is 0.223. The third-order valence-corrected chi connectivity index (χ3v) is 8.17. The summed E-state index contributed by atoms with van der Waals surface area (Å²) in [4.78, 5) is 29.0. The number of nitrogens with one attached hydrogen (secondary N) is 2. The van der Waals surface area contributed by atoms with Crippen LogP contribution in [0.2, 0.25) is 0 Å². The molecule has 3 aromatic carbocycles. The number of hydrogen-bond donors (Lipinski definition) is 3. The van der Waals surface area contributed by atoms with E-state index in [0.717, 1.165) is 16.7 Å². The second kappa shape index (κ2) is 15.9. The number of aryl methyl sites for hydroxylation is 1. The monoisotopic (exact) mass is 581 g/mol. The van der Waals surface area contributed by atoms with Crippen LogP contribution in [0.15, 0.2) is 83.8 Å². The molecule has 0 fully saturated rings. The number of carbonyl (C=O) groups is 2. The number of hydrogen-bond acceptors (Lipinski definition) is 6. The van der Waals surface area contributed by atoms with Crippen molar-refractivity contribution in [2.75, 3.05) is 26.8 Å². The molecule has 3 rings (SSSR count). The molecule has 9 nitrogen and oxygen atoms in total. The van der Waals surface area contributed by atoms with Gasteiger partial charge in [0.2, 0.25) is 21.8 Å². The summed E-state index contributed by atoms with van der Waals surface area (Å²) in [7, 11) is -1.98. The van der Waals surface area contributed by atoms with E-state index < -0.39 is 16.1 Å². The highest BCUT2D eigenvalue weighted by Gasteiger charge is 2.30. The fourth-order valence-electron chi connectivity index (χ4n) is 4.39. The summed E-state index contributed by atoms with van der Waals surface area (Å²) in [6, 6.07) is 22.6. The molecule has 1 atom stereocenters. The number of aliphatic hydroxyl groups is 1. The van der Waals surface area contributed by atoms with Crippen LogP contribution in [-0.2, 0) is 39.0 Å². The maximum atomic E-state index is 13.8. The van der Waals surface area contributed by atoms with Crippen LogP contribution in [0.25, 0.3) is 0 Å². The molecule has 0 spiro atoms. The minimum Gasteiger partial charge on any atom is -0.497 e. The molecule has 0 radical (unpaired) electrons. The van der Waals surface area contributed by atoms with Crippen LogP contribution in [0, 0.1) is 0 Å². The molecule has 220 valence electrons. The maximum Gasteiger partial charge on any atom is 0.243 e. The summed E-state index contributed by atoms with van der Waals surface area (Å²) >= 11 is 0. The van der Waals surface area contributed by atoms with Crippen molar-refractivity contribution in [2.24, 2.45) is 0 Å². The van der Waals surface area contributed by atoms with Gasteiger partial charge in [0, 0.05) is 39.1 Å². The average Bonchev–Trinajstić information content (AvgIpc) is 2.98. The Bertz CT molecular complexity index is 1350. The third kappa shape index (κ3) is 9.70. The van der Waals surface area contributed by atoms with E-state index in [1.165, 1.54) is 12.1 Å². The third-order valence-electron chi connectivity index (χ3n) is 6.61. The summed E-state index contributed by atoms with van der Waals surface area (Å²) in [6.07, 6.45) is 1.24. The lowest BCUT2D eigenvalue weighted by Gasteiger charge is -2.31. The van der Waals surface area contributed by atoms with Crippen molar-refractivity contribution in [3.05, 3.63) is 95.6 Å². The number of amides is 2. The van der Waals surface area contributed by atoms with Crippen LogP contribution >= 0.6 is 0 Å². The zero-order chi connectivity index (χ0) is 29.7. The Morgan fingerprint density at radius 1 is 0.927 bits per heavy atom. The van der Waals surface area contributed by atoms with Gasteiger partial charge in [-0.15, -0.1) is 0 Å². The number of nitrogens with zero attached hydrogens (tertiary/aromatic N) is 1. The van der Waals surface area contributed by atoms with Gasteiger partial charge in [-0.2, -0.15) is 0 Å². The molecule has 0 unspecified atom stereocenters. The molecule has 0 aliphatic rings. The molecule has 0 bridgehead atoms. The lowest BCUT2D eigenvalue weighted by Crippen LogP contribution is -2.50. The maximum absolute atomic E-state index is 13.8. The minimum absolute atomic E-state index is 0.0489. The van der Waals surface area contributed by atoms with Crippen molar-refractivity contribution >= 4 is 21.8 Å². The average molecular weight is 582 g/mol. The van der Waals surface area contributed by atoms with Crippen LogP contribution in [0.3, 0.4) is 0 Å². The molecule has 0 saturated carbocycles. The number of methoxy groups -OCH3 is 1. The second-order valence-electron chi connectivity index (χ2n) is 9.59. The fraction of sp³-hybridized carbons (Fsp3) is 0.355. The molecule has 41 heavy (non-hydrogen) atoms. The Labute approximate surface area is 242 Å². The van der Waals surface area contributed by atoms with Crippen molar-refractivity contribution in [2.45, 2.75) is 50.1 Å². The molecule has 2 amide bonds. The van der Waals surface area contributed by atoms with Gasteiger partial charge in [0.25, 0.3) is 0 Å². The Balaban J connectivity index is 1.86.